The van der Waals surface area contributed by atoms with Crippen molar-refractivity contribution in [2.75, 3.05) is 73.4 Å². The normalized spacial score (nSPS) is 11.1. The van der Waals surface area contributed by atoms with Gasteiger partial charge in [0.25, 0.3) is 0 Å². The second-order valence-electron chi connectivity index (χ2n) is 3.89. The summed E-state index contributed by atoms with van der Waals surface area (Å²) >= 11 is 0. The van der Waals surface area contributed by atoms with Crippen molar-refractivity contribution in [3.05, 3.63) is 6.42 Å². The molecule has 0 aliphatic rings. The molecule has 20 heavy (non-hydrogen) atoms. The van der Waals surface area contributed by atoms with Gasteiger partial charge in [-0.15, -0.1) is 0 Å². The minimum absolute atomic E-state index is 0.315. The van der Waals surface area contributed by atoms with E-state index in [9.17, 15) is 0 Å². The van der Waals surface area contributed by atoms with Crippen LogP contribution in [0, 0.1) is 6.42 Å². The Balaban J connectivity index is 2.89. The lowest BCUT2D eigenvalue weighted by atomic mass is 10.3. The van der Waals surface area contributed by atoms with Crippen molar-refractivity contribution < 1.29 is 28.4 Å². The zero-order valence-electron chi connectivity index (χ0n) is 12.8. The molecule has 0 aromatic heterocycles. The molecule has 0 aromatic rings. The summed E-state index contributed by atoms with van der Waals surface area (Å²) in [6.45, 7) is 7.87. The Morgan fingerprint density at radius 1 is 0.700 bits per heavy atom. The summed E-state index contributed by atoms with van der Waals surface area (Å²) in [7, 11) is 1.65. The molecule has 0 fully saturated rings. The summed E-state index contributed by atoms with van der Waals surface area (Å²) < 4.78 is 31.1. The van der Waals surface area contributed by atoms with Crippen molar-refractivity contribution in [1.29, 1.82) is 0 Å². The highest BCUT2D eigenvalue weighted by molar-refractivity contribution is 4.61. The summed E-state index contributed by atoms with van der Waals surface area (Å²) in [5, 5.41) is 0. The first kappa shape index (κ1) is 19.8. The molecule has 6 nitrogen and oxygen atoms in total. The molecule has 0 saturated carbocycles. The van der Waals surface area contributed by atoms with Crippen LogP contribution in [0.5, 0.6) is 0 Å². The highest BCUT2D eigenvalue weighted by atomic mass is 16.7. The van der Waals surface area contributed by atoms with E-state index in [1.54, 1.807) is 7.11 Å². The highest BCUT2D eigenvalue weighted by Gasteiger charge is 1.93. The van der Waals surface area contributed by atoms with E-state index < -0.39 is 0 Å². The van der Waals surface area contributed by atoms with Crippen molar-refractivity contribution in [2.45, 2.75) is 13.3 Å². The van der Waals surface area contributed by atoms with Gasteiger partial charge in [-0.3, -0.25) is 0 Å². The van der Waals surface area contributed by atoms with E-state index in [0.29, 0.717) is 59.6 Å². The molecule has 0 rings (SSSR count). The third kappa shape index (κ3) is 17.8. The Morgan fingerprint density at radius 3 is 2.15 bits per heavy atom. The molecule has 0 N–H and O–H groups in total. The number of unbranched alkanes of at least 4 members (excludes halogenated alkanes) is 1. The molecule has 1 radical (unpaired) electrons. The lowest BCUT2D eigenvalue weighted by molar-refractivity contribution is -0.0682. The summed E-state index contributed by atoms with van der Waals surface area (Å²) in [5.74, 6) is 0. The van der Waals surface area contributed by atoms with Crippen molar-refractivity contribution in [3.8, 4) is 0 Å². The van der Waals surface area contributed by atoms with Crippen LogP contribution >= 0.6 is 0 Å². The molecule has 0 heterocycles. The molecule has 0 aromatic carbocycles. The Hall–Kier alpha value is -0.240. The number of ether oxygens (including phenoxy) is 6. The topological polar surface area (TPSA) is 55.4 Å². The van der Waals surface area contributed by atoms with Gasteiger partial charge in [0, 0.05) is 26.9 Å². The number of hydrogen-bond acceptors (Lipinski definition) is 6. The van der Waals surface area contributed by atoms with Crippen LogP contribution in [-0.2, 0) is 28.4 Å². The van der Waals surface area contributed by atoms with Gasteiger partial charge in [-0.25, -0.2) is 0 Å². The first-order valence-corrected chi connectivity index (χ1v) is 7.11. The van der Waals surface area contributed by atoms with Gasteiger partial charge < -0.3 is 28.4 Å². The number of hydrogen-bond donors (Lipinski definition) is 0. The molecular weight excluding hydrogens is 264 g/mol. The second-order valence-corrected chi connectivity index (χ2v) is 3.89. The number of methoxy groups -OCH3 is 1. The molecule has 0 aliphatic heterocycles. The first-order chi connectivity index (χ1) is 9.91. The Bertz CT molecular complexity index is 150. The quantitative estimate of drug-likeness (QED) is 0.297. The Labute approximate surface area is 122 Å². The zero-order valence-corrected chi connectivity index (χ0v) is 12.8. The minimum atomic E-state index is 0.315. The fourth-order valence-electron chi connectivity index (χ4n) is 1.22. The van der Waals surface area contributed by atoms with Gasteiger partial charge >= 0.3 is 0 Å². The third-order valence-electron chi connectivity index (χ3n) is 2.25. The summed E-state index contributed by atoms with van der Waals surface area (Å²) in [4.78, 5) is 0. The first-order valence-electron chi connectivity index (χ1n) is 7.11. The zero-order chi connectivity index (χ0) is 14.7. The molecule has 0 bridgehead atoms. The predicted octanol–water partition coefficient (Wildman–Crippen LogP) is 1.29. The van der Waals surface area contributed by atoms with Crippen LogP contribution in [0.2, 0.25) is 0 Å². The van der Waals surface area contributed by atoms with Crippen molar-refractivity contribution in [3.63, 3.8) is 0 Å². The summed E-state index contributed by atoms with van der Waals surface area (Å²) in [6.07, 6.45) is 2.88. The molecule has 121 valence electrons. The fourth-order valence-corrected chi connectivity index (χ4v) is 1.22. The van der Waals surface area contributed by atoms with E-state index in [1.165, 1.54) is 0 Å². The van der Waals surface area contributed by atoms with Gasteiger partial charge in [0.2, 0.25) is 0 Å². The molecule has 6 heteroatoms. The monoisotopic (exact) mass is 293 g/mol. The molecule has 0 saturated heterocycles. The van der Waals surface area contributed by atoms with Crippen molar-refractivity contribution in [2.24, 2.45) is 0 Å². The van der Waals surface area contributed by atoms with Crippen LogP contribution in [0.4, 0.5) is 0 Å². The average Bonchev–Trinajstić information content (AvgIpc) is 2.47. The second kappa shape index (κ2) is 18.8. The van der Waals surface area contributed by atoms with Crippen molar-refractivity contribution in [1.82, 2.24) is 0 Å². The van der Waals surface area contributed by atoms with Crippen LogP contribution in [0.3, 0.4) is 0 Å². The maximum atomic E-state index is 5.36. The van der Waals surface area contributed by atoms with E-state index >= 15 is 0 Å². The molecule has 0 spiro atoms. The predicted molar refractivity (Wildman–Crippen MR) is 75.7 cm³/mol. The van der Waals surface area contributed by atoms with Gasteiger partial charge in [0.15, 0.2) is 0 Å². The van der Waals surface area contributed by atoms with Gasteiger partial charge in [-0.2, -0.15) is 0 Å². The summed E-state index contributed by atoms with van der Waals surface area (Å²) in [5.41, 5.74) is 0. The van der Waals surface area contributed by atoms with Crippen LogP contribution in [-0.4, -0.2) is 73.4 Å². The standard InChI is InChI=1S/C14H29O6/c1-3-16-10-13-20-14-19-7-5-4-6-17-11-12-18-9-8-15-2/h4H,3,5-14H2,1-2H3. The van der Waals surface area contributed by atoms with E-state index in [0.717, 1.165) is 13.0 Å². The highest BCUT2D eigenvalue weighted by Crippen LogP contribution is 1.91. The van der Waals surface area contributed by atoms with E-state index in [4.69, 9.17) is 28.4 Å². The van der Waals surface area contributed by atoms with Crippen molar-refractivity contribution >= 4 is 0 Å². The molecule has 0 unspecified atom stereocenters. The SMILES string of the molecule is CCOCCOCOCC[CH]COCCOCCOC. The maximum Gasteiger partial charge on any atom is 0.146 e. The van der Waals surface area contributed by atoms with Gasteiger partial charge in [0.1, 0.15) is 6.79 Å². The molecule has 0 amide bonds. The maximum absolute atomic E-state index is 5.36. The minimum Gasteiger partial charge on any atom is -0.382 e. The van der Waals surface area contributed by atoms with Crippen LogP contribution in [0.25, 0.3) is 0 Å². The van der Waals surface area contributed by atoms with E-state index in [1.807, 2.05) is 13.3 Å². The number of rotatable bonds is 17. The Kier molecular flexibility index (Phi) is 18.5. The Morgan fingerprint density at radius 2 is 1.35 bits per heavy atom. The van der Waals surface area contributed by atoms with Crippen LogP contribution in [0.15, 0.2) is 0 Å². The lowest BCUT2D eigenvalue weighted by Gasteiger charge is -2.07. The van der Waals surface area contributed by atoms with Crippen LogP contribution in [0.1, 0.15) is 13.3 Å². The molecule has 0 atom stereocenters. The fraction of sp³-hybridized carbons (Fsp3) is 0.929. The largest absolute Gasteiger partial charge is 0.382 e. The van der Waals surface area contributed by atoms with Crippen LogP contribution < -0.4 is 0 Å². The molecular formula is C14H29O6. The summed E-state index contributed by atoms with van der Waals surface area (Å²) in [6, 6.07) is 0. The van der Waals surface area contributed by atoms with Gasteiger partial charge in [-0.05, 0) is 19.8 Å². The van der Waals surface area contributed by atoms with Gasteiger partial charge in [0.05, 0.1) is 39.6 Å². The van der Waals surface area contributed by atoms with E-state index in [2.05, 4.69) is 0 Å². The van der Waals surface area contributed by atoms with Gasteiger partial charge in [-0.1, -0.05) is 0 Å². The average molecular weight is 293 g/mol. The molecule has 0 aliphatic carbocycles. The third-order valence-corrected chi connectivity index (χ3v) is 2.25. The van der Waals surface area contributed by atoms with E-state index in [-0.39, 0.29) is 0 Å². The lowest BCUT2D eigenvalue weighted by Crippen LogP contribution is -2.10. The smallest absolute Gasteiger partial charge is 0.146 e.